The largest absolute Gasteiger partial charge is 0.507 e. The molecule has 3 N–H and O–H groups in total. The van der Waals surface area contributed by atoms with Gasteiger partial charge in [0.1, 0.15) is 5.75 Å². The predicted octanol–water partition coefficient (Wildman–Crippen LogP) is 3.36. The molecular weight excluding hydrogens is 218 g/mol. The van der Waals surface area contributed by atoms with Gasteiger partial charge in [0.05, 0.1) is 0 Å². The van der Waals surface area contributed by atoms with Gasteiger partial charge in [-0.25, -0.2) is 0 Å². The summed E-state index contributed by atoms with van der Waals surface area (Å²) in [6, 6.07) is 13.1. The van der Waals surface area contributed by atoms with Crippen molar-refractivity contribution in [3.05, 3.63) is 42.5 Å². The summed E-state index contributed by atoms with van der Waals surface area (Å²) in [5.74, 6) is 0.256. The molecule has 0 fully saturated rings. The molecule has 0 bridgehead atoms. The van der Waals surface area contributed by atoms with Crippen molar-refractivity contribution in [3.8, 4) is 16.9 Å². The summed E-state index contributed by atoms with van der Waals surface area (Å²) in [5, 5.41) is 9.75. The Balaban J connectivity index is 2.45. The second-order valence-corrected chi connectivity index (χ2v) is 4.38. The van der Waals surface area contributed by atoms with E-state index < -0.39 is 0 Å². The fourth-order valence-electron chi connectivity index (χ4n) is 1.56. The molecule has 2 aromatic carbocycles. The van der Waals surface area contributed by atoms with Crippen LogP contribution in [0.5, 0.6) is 5.75 Å². The fraction of sp³-hybridized carbons (Fsp3) is 0.0769. The van der Waals surface area contributed by atoms with Gasteiger partial charge in [0.15, 0.2) is 0 Å². The predicted molar refractivity (Wildman–Crippen MR) is 69.7 cm³/mol. The van der Waals surface area contributed by atoms with E-state index >= 15 is 0 Å². The molecular formula is C13H13NOS. The van der Waals surface area contributed by atoms with E-state index in [2.05, 4.69) is 0 Å². The van der Waals surface area contributed by atoms with E-state index in [9.17, 15) is 5.11 Å². The third-order valence-corrected chi connectivity index (χ3v) is 3.17. The zero-order valence-corrected chi connectivity index (χ0v) is 9.79. The first-order valence-electron chi connectivity index (χ1n) is 4.93. The van der Waals surface area contributed by atoms with Crippen molar-refractivity contribution in [2.24, 2.45) is 0 Å². The molecule has 2 rings (SSSR count). The van der Waals surface area contributed by atoms with Crippen LogP contribution in [0, 0.1) is 0 Å². The van der Waals surface area contributed by atoms with Gasteiger partial charge in [0, 0.05) is 16.1 Å². The van der Waals surface area contributed by atoms with E-state index in [1.807, 2.05) is 30.5 Å². The number of hydrogen-bond acceptors (Lipinski definition) is 3. The average molecular weight is 231 g/mol. The Hall–Kier alpha value is -1.61. The smallest absolute Gasteiger partial charge is 0.123 e. The van der Waals surface area contributed by atoms with Gasteiger partial charge in [0.25, 0.3) is 0 Å². The molecule has 0 saturated heterocycles. The first-order chi connectivity index (χ1) is 7.70. The SMILES string of the molecule is CSc1ccc(-c2cc(N)ccc2O)cc1. The van der Waals surface area contributed by atoms with Crippen molar-refractivity contribution in [1.29, 1.82) is 0 Å². The van der Waals surface area contributed by atoms with Crippen LogP contribution in [0.3, 0.4) is 0 Å². The molecule has 0 aliphatic rings. The fourth-order valence-corrected chi connectivity index (χ4v) is 1.96. The van der Waals surface area contributed by atoms with Crippen molar-refractivity contribution in [3.63, 3.8) is 0 Å². The minimum absolute atomic E-state index is 0.256. The van der Waals surface area contributed by atoms with E-state index in [0.29, 0.717) is 5.69 Å². The zero-order valence-electron chi connectivity index (χ0n) is 8.97. The molecule has 0 radical (unpaired) electrons. The van der Waals surface area contributed by atoms with Crippen molar-refractivity contribution < 1.29 is 5.11 Å². The standard InChI is InChI=1S/C13H13NOS/c1-16-11-5-2-9(3-6-11)12-8-10(14)4-7-13(12)15/h2-8,15H,14H2,1H3. The lowest BCUT2D eigenvalue weighted by atomic mass is 10.0. The summed E-state index contributed by atoms with van der Waals surface area (Å²) in [6.07, 6.45) is 2.03. The molecule has 82 valence electrons. The molecule has 0 aliphatic carbocycles. The van der Waals surface area contributed by atoms with Crippen LogP contribution >= 0.6 is 11.8 Å². The minimum Gasteiger partial charge on any atom is -0.507 e. The van der Waals surface area contributed by atoms with E-state index in [1.165, 1.54) is 4.90 Å². The average Bonchev–Trinajstić information content (AvgIpc) is 2.32. The van der Waals surface area contributed by atoms with Crippen LogP contribution in [0.1, 0.15) is 0 Å². The number of aromatic hydroxyl groups is 1. The first kappa shape index (κ1) is 10.9. The highest BCUT2D eigenvalue weighted by atomic mass is 32.2. The van der Waals surface area contributed by atoms with Gasteiger partial charge in [-0.1, -0.05) is 12.1 Å². The number of phenols is 1. The van der Waals surface area contributed by atoms with E-state index in [4.69, 9.17) is 5.73 Å². The molecule has 0 amide bonds. The molecule has 0 heterocycles. The third-order valence-electron chi connectivity index (χ3n) is 2.42. The van der Waals surface area contributed by atoms with Gasteiger partial charge < -0.3 is 10.8 Å². The maximum absolute atomic E-state index is 9.75. The van der Waals surface area contributed by atoms with Crippen LogP contribution in [0.25, 0.3) is 11.1 Å². The van der Waals surface area contributed by atoms with Gasteiger partial charge in [-0.3, -0.25) is 0 Å². The number of phenolic OH excluding ortho intramolecular Hbond substituents is 1. The van der Waals surface area contributed by atoms with Crippen LogP contribution in [-0.2, 0) is 0 Å². The lowest BCUT2D eigenvalue weighted by Gasteiger charge is -2.06. The quantitative estimate of drug-likeness (QED) is 0.473. The molecule has 0 unspecified atom stereocenters. The number of nitrogens with two attached hydrogens (primary N) is 1. The van der Waals surface area contributed by atoms with Gasteiger partial charge in [0.2, 0.25) is 0 Å². The number of nitrogen functional groups attached to an aromatic ring is 1. The molecule has 0 saturated carbocycles. The minimum atomic E-state index is 0.256. The molecule has 0 spiro atoms. The number of benzene rings is 2. The Labute approximate surface area is 99.1 Å². The molecule has 3 heteroatoms. The Bertz CT molecular complexity index is 494. The lowest BCUT2D eigenvalue weighted by Crippen LogP contribution is -1.86. The highest BCUT2D eigenvalue weighted by Crippen LogP contribution is 2.31. The highest BCUT2D eigenvalue weighted by molar-refractivity contribution is 7.98. The molecule has 16 heavy (non-hydrogen) atoms. The molecule has 0 atom stereocenters. The van der Waals surface area contributed by atoms with Crippen molar-refractivity contribution in [2.75, 3.05) is 12.0 Å². The van der Waals surface area contributed by atoms with Crippen molar-refractivity contribution in [2.45, 2.75) is 4.90 Å². The Morgan fingerprint density at radius 1 is 1.06 bits per heavy atom. The summed E-state index contributed by atoms with van der Waals surface area (Å²) in [5.41, 5.74) is 8.11. The van der Waals surface area contributed by atoms with Crippen LogP contribution < -0.4 is 5.73 Å². The van der Waals surface area contributed by atoms with Gasteiger partial charge >= 0.3 is 0 Å². The third kappa shape index (κ3) is 2.14. The maximum atomic E-state index is 9.75. The first-order valence-corrected chi connectivity index (χ1v) is 6.16. The Morgan fingerprint density at radius 2 is 1.75 bits per heavy atom. The van der Waals surface area contributed by atoms with E-state index in [0.717, 1.165) is 11.1 Å². The van der Waals surface area contributed by atoms with E-state index in [-0.39, 0.29) is 5.75 Å². The van der Waals surface area contributed by atoms with Crippen LogP contribution in [0.2, 0.25) is 0 Å². The Kier molecular flexibility index (Phi) is 3.06. The van der Waals surface area contributed by atoms with Crippen molar-refractivity contribution in [1.82, 2.24) is 0 Å². The maximum Gasteiger partial charge on any atom is 0.123 e. The second kappa shape index (κ2) is 4.49. The highest BCUT2D eigenvalue weighted by Gasteiger charge is 2.04. The van der Waals surface area contributed by atoms with E-state index in [1.54, 1.807) is 30.0 Å². The monoisotopic (exact) mass is 231 g/mol. The van der Waals surface area contributed by atoms with Crippen LogP contribution in [-0.4, -0.2) is 11.4 Å². The molecule has 0 aliphatic heterocycles. The summed E-state index contributed by atoms with van der Waals surface area (Å²) in [6.45, 7) is 0. The molecule has 2 nitrogen and oxygen atoms in total. The summed E-state index contributed by atoms with van der Waals surface area (Å²) >= 11 is 1.69. The Morgan fingerprint density at radius 3 is 2.38 bits per heavy atom. The lowest BCUT2D eigenvalue weighted by molar-refractivity contribution is 0.477. The van der Waals surface area contributed by atoms with Crippen LogP contribution in [0.15, 0.2) is 47.4 Å². The number of rotatable bonds is 2. The second-order valence-electron chi connectivity index (χ2n) is 3.51. The number of thioether (sulfide) groups is 1. The van der Waals surface area contributed by atoms with Crippen LogP contribution in [0.4, 0.5) is 5.69 Å². The topological polar surface area (TPSA) is 46.2 Å². The number of anilines is 1. The zero-order chi connectivity index (χ0) is 11.5. The molecule has 2 aromatic rings. The van der Waals surface area contributed by atoms with Crippen molar-refractivity contribution >= 4 is 17.4 Å². The van der Waals surface area contributed by atoms with Gasteiger partial charge in [-0.15, -0.1) is 11.8 Å². The summed E-state index contributed by atoms with van der Waals surface area (Å²) < 4.78 is 0. The normalized spacial score (nSPS) is 10.3. The summed E-state index contributed by atoms with van der Waals surface area (Å²) in [4.78, 5) is 1.20. The van der Waals surface area contributed by atoms with Gasteiger partial charge in [-0.2, -0.15) is 0 Å². The summed E-state index contributed by atoms with van der Waals surface area (Å²) in [7, 11) is 0. The van der Waals surface area contributed by atoms with Gasteiger partial charge in [-0.05, 0) is 42.2 Å². The molecule has 0 aromatic heterocycles. The number of hydrogen-bond donors (Lipinski definition) is 2.